The Hall–Kier alpha value is -7.74. The van der Waals surface area contributed by atoms with Crippen molar-refractivity contribution in [3.8, 4) is 33.4 Å². The molecule has 0 saturated carbocycles. The van der Waals surface area contributed by atoms with Crippen LogP contribution in [0.1, 0.15) is 5.56 Å². The molecule has 0 spiro atoms. The van der Waals surface area contributed by atoms with Gasteiger partial charge in [0, 0.05) is 17.1 Å². The molecule has 0 saturated heterocycles. The van der Waals surface area contributed by atoms with Gasteiger partial charge in [-0.15, -0.1) is 0 Å². The van der Waals surface area contributed by atoms with E-state index in [0.29, 0.717) is 0 Å². The Kier molecular flexibility index (Phi) is 7.83. The monoisotopic (exact) mass is 761 g/mol. The molecule has 0 radical (unpaired) electrons. The molecule has 0 fully saturated rings. The zero-order chi connectivity index (χ0) is 39.7. The quantitative estimate of drug-likeness (QED) is 0.153. The van der Waals surface area contributed by atoms with Crippen molar-refractivity contribution < 1.29 is 0 Å². The Bertz CT molecular complexity index is 3510. The summed E-state index contributed by atoms with van der Waals surface area (Å²) in [4.78, 5) is 2.44. The molecule has 1 heteroatoms. The lowest BCUT2D eigenvalue weighted by atomic mass is 9.81. The number of hydrogen-bond acceptors (Lipinski definition) is 1. The average molecular weight is 762 g/mol. The number of benzene rings is 12. The first-order valence-corrected chi connectivity index (χ1v) is 20.8. The molecule has 12 aromatic rings. The van der Waals surface area contributed by atoms with Gasteiger partial charge in [0.15, 0.2) is 0 Å². The second kappa shape index (κ2) is 13.7. The van der Waals surface area contributed by atoms with Crippen LogP contribution in [0.3, 0.4) is 0 Å². The van der Waals surface area contributed by atoms with Crippen LogP contribution in [0.4, 0.5) is 17.1 Å². The van der Waals surface area contributed by atoms with Crippen molar-refractivity contribution in [2.45, 2.75) is 6.92 Å². The van der Waals surface area contributed by atoms with Gasteiger partial charge in [-0.05, 0) is 147 Å². The van der Waals surface area contributed by atoms with Crippen LogP contribution in [0, 0.1) is 6.92 Å². The first kappa shape index (κ1) is 34.3. The highest BCUT2D eigenvalue weighted by Crippen LogP contribution is 2.50. The van der Waals surface area contributed by atoms with Crippen molar-refractivity contribution in [3.05, 3.63) is 224 Å². The summed E-state index contributed by atoms with van der Waals surface area (Å²) in [6.07, 6.45) is 0. The summed E-state index contributed by atoms with van der Waals surface area (Å²) in [5, 5.41) is 15.2. The van der Waals surface area contributed by atoms with Crippen molar-refractivity contribution in [2.24, 2.45) is 0 Å². The molecule has 60 heavy (non-hydrogen) atoms. The maximum Gasteiger partial charge on any atom is 0.0473 e. The number of rotatable bonds is 6. The topological polar surface area (TPSA) is 3.24 Å². The maximum absolute atomic E-state index is 2.44. The molecule has 0 amide bonds. The molecule has 0 aliphatic carbocycles. The van der Waals surface area contributed by atoms with Gasteiger partial charge in [0.25, 0.3) is 0 Å². The van der Waals surface area contributed by atoms with Gasteiger partial charge in [0.2, 0.25) is 0 Å². The van der Waals surface area contributed by atoms with E-state index >= 15 is 0 Å². The molecule has 0 bridgehead atoms. The van der Waals surface area contributed by atoms with Crippen LogP contribution in [0.2, 0.25) is 0 Å². The summed E-state index contributed by atoms with van der Waals surface area (Å²) in [5.74, 6) is 0. The highest BCUT2D eigenvalue weighted by Gasteiger charge is 2.23. The Morgan fingerprint density at radius 3 is 1.45 bits per heavy atom. The lowest BCUT2D eigenvalue weighted by molar-refractivity contribution is 1.29. The van der Waals surface area contributed by atoms with E-state index in [4.69, 9.17) is 0 Å². The Labute approximate surface area is 349 Å². The predicted molar refractivity (Wildman–Crippen MR) is 258 cm³/mol. The van der Waals surface area contributed by atoms with Crippen LogP contribution in [0.15, 0.2) is 218 Å². The third kappa shape index (κ3) is 5.40. The van der Waals surface area contributed by atoms with Crippen molar-refractivity contribution in [1.82, 2.24) is 0 Å². The van der Waals surface area contributed by atoms with Crippen molar-refractivity contribution in [3.63, 3.8) is 0 Å². The van der Waals surface area contributed by atoms with E-state index in [1.807, 2.05) is 0 Å². The maximum atomic E-state index is 2.44. The molecule has 0 aliphatic rings. The second-order valence-corrected chi connectivity index (χ2v) is 16.1. The van der Waals surface area contributed by atoms with E-state index in [9.17, 15) is 0 Å². The lowest BCUT2D eigenvalue weighted by Gasteiger charge is -2.28. The van der Waals surface area contributed by atoms with Crippen molar-refractivity contribution >= 4 is 81.7 Å². The fourth-order valence-corrected chi connectivity index (χ4v) is 9.88. The van der Waals surface area contributed by atoms with Crippen LogP contribution in [0.5, 0.6) is 0 Å². The molecule has 12 aromatic carbocycles. The molecular formula is C59H39N. The zero-order valence-corrected chi connectivity index (χ0v) is 33.2. The Morgan fingerprint density at radius 2 is 0.800 bits per heavy atom. The number of nitrogens with zero attached hydrogens (tertiary/aromatic N) is 1. The van der Waals surface area contributed by atoms with E-state index in [-0.39, 0.29) is 0 Å². The number of aryl methyl sites for hydroxylation is 1. The minimum atomic E-state index is 1.12. The van der Waals surface area contributed by atoms with Crippen LogP contribution < -0.4 is 4.90 Å². The summed E-state index contributed by atoms with van der Waals surface area (Å²) >= 11 is 0. The molecule has 0 atom stereocenters. The van der Waals surface area contributed by atoms with Crippen LogP contribution in [-0.4, -0.2) is 0 Å². The van der Waals surface area contributed by atoms with E-state index < -0.39 is 0 Å². The first-order chi connectivity index (χ1) is 29.7. The van der Waals surface area contributed by atoms with Crippen LogP contribution in [-0.2, 0) is 0 Å². The summed E-state index contributed by atoms with van der Waals surface area (Å²) in [5.41, 5.74) is 11.9. The standard InChI is InChI=1S/C59H39N/c1-38-24-30-46(31-25-38)60(48-34-44-28-26-42-20-13-21-43-27-29-45(35-48)56(44)55(42)43)47-32-33-51-54(36-47)49-22-11-12-23-50(49)58-53(40-16-7-3-8-17-40)37-52(39-14-5-2-6-15-39)57(59(51)58)41-18-9-4-10-19-41/h2-37H,1H3. The number of hydrogen-bond donors (Lipinski definition) is 0. The van der Waals surface area contributed by atoms with Gasteiger partial charge in [-0.1, -0.05) is 181 Å². The highest BCUT2D eigenvalue weighted by molar-refractivity contribution is 6.33. The van der Waals surface area contributed by atoms with Gasteiger partial charge < -0.3 is 4.90 Å². The average Bonchev–Trinajstić information content (AvgIpc) is 3.31. The van der Waals surface area contributed by atoms with Gasteiger partial charge in [0.05, 0.1) is 0 Å². The van der Waals surface area contributed by atoms with E-state index in [2.05, 4.69) is 230 Å². The number of fused-ring (bicyclic) bond motifs is 6. The molecule has 0 heterocycles. The van der Waals surface area contributed by atoms with E-state index in [0.717, 1.165) is 17.1 Å². The zero-order valence-electron chi connectivity index (χ0n) is 33.2. The fraction of sp³-hybridized carbons (Fsp3) is 0.0169. The fourth-order valence-electron chi connectivity index (χ4n) is 9.88. The normalized spacial score (nSPS) is 11.8. The SMILES string of the molecule is Cc1ccc(N(c2cc3ccc4cccc5ccc(c2)c3c45)c2ccc3c(c2)c2ccccc2c2c(-c4ccccc4)cc(-c4ccccc4)c(-c4ccccc4)c32)cc1. The molecule has 12 rings (SSSR count). The predicted octanol–water partition coefficient (Wildman–Crippen LogP) is 16.8. The summed E-state index contributed by atoms with van der Waals surface area (Å²) in [7, 11) is 0. The first-order valence-electron chi connectivity index (χ1n) is 20.8. The molecule has 1 nitrogen and oxygen atoms in total. The smallest absolute Gasteiger partial charge is 0.0473 e. The molecule has 0 N–H and O–H groups in total. The van der Waals surface area contributed by atoms with Gasteiger partial charge >= 0.3 is 0 Å². The lowest BCUT2D eigenvalue weighted by Crippen LogP contribution is -2.10. The van der Waals surface area contributed by atoms with E-state index in [1.165, 1.54) is 104 Å². The third-order valence-corrected chi connectivity index (χ3v) is 12.6. The van der Waals surface area contributed by atoms with Crippen molar-refractivity contribution in [1.29, 1.82) is 0 Å². The second-order valence-electron chi connectivity index (χ2n) is 16.1. The van der Waals surface area contributed by atoms with Gasteiger partial charge in [-0.3, -0.25) is 0 Å². The van der Waals surface area contributed by atoms with Crippen LogP contribution >= 0.6 is 0 Å². The molecule has 0 aromatic heterocycles. The molecule has 0 unspecified atom stereocenters. The third-order valence-electron chi connectivity index (χ3n) is 12.6. The minimum Gasteiger partial charge on any atom is -0.310 e. The summed E-state index contributed by atoms with van der Waals surface area (Å²) < 4.78 is 0. The summed E-state index contributed by atoms with van der Waals surface area (Å²) in [6.45, 7) is 2.16. The van der Waals surface area contributed by atoms with Gasteiger partial charge in [0.1, 0.15) is 0 Å². The van der Waals surface area contributed by atoms with E-state index in [1.54, 1.807) is 0 Å². The summed E-state index contributed by atoms with van der Waals surface area (Å²) in [6, 6.07) is 80.9. The molecular weight excluding hydrogens is 723 g/mol. The van der Waals surface area contributed by atoms with Crippen molar-refractivity contribution in [2.75, 3.05) is 4.90 Å². The highest BCUT2D eigenvalue weighted by atomic mass is 15.1. The van der Waals surface area contributed by atoms with Gasteiger partial charge in [-0.25, -0.2) is 0 Å². The minimum absolute atomic E-state index is 1.12. The molecule has 0 aliphatic heterocycles. The largest absolute Gasteiger partial charge is 0.310 e. The number of anilines is 3. The molecule has 280 valence electrons. The Balaban J connectivity index is 1.20. The van der Waals surface area contributed by atoms with Gasteiger partial charge in [-0.2, -0.15) is 0 Å². The van der Waals surface area contributed by atoms with Crippen LogP contribution in [0.25, 0.3) is 98.0 Å². The Morgan fingerprint density at radius 1 is 0.283 bits per heavy atom.